The van der Waals surface area contributed by atoms with Gasteiger partial charge in [-0.05, 0) is 22.0 Å². The number of hydrogen-bond donors (Lipinski definition) is 0. The summed E-state index contributed by atoms with van der Waals surface area (Å²) in [6, 6.07) is 12.0. The van der Waals surface area contributed by atoms with E-state index in [1.807, 2.05) is 18.2 Å². The Labute approximate surface area is 140 Å². The molecule has 22 heavy (non-hydrogen) atoms. The molecule has 0 unspecified atom stereocenters. The second-order valence-corrected chi connectivity index (χ2v) is 12.8. The predicted octanol–water partition coefficient (Wildman–Crippen LogP) is 4.19. The van der Waals surface area contributed by atoms with Gasteiger partial charge in [-0.25, -0.2) is 4.68 Å². The number of aromatic nitrogens is 2. The van der Waals surface area contributed by atoms with Gasteiger partial charge in [-0.3, -0.25) is 4.79 Å². The second kappa shape index (κ2) is 7.35. The third kappa shape index (κ3) is 4.90. The van der Waals surface area contributed by atoms with E-state index in [4.69, 9.17) is 4.74 Å². The summed E-state index contributed by atoms with van der Waals surface area (Å²) in [4.78, 5) is 12.5. The lowest BCUT2D eigenvalue weighted by Crippen LogP contribution is -2.22. The molecule has 0 saturated carbocycles. The standard InChI is InChI=1S/C16H21BrN2O2Si/c1-22(2,3)10-9-21-12-19-14(11-15(17)18-19)16(20)13-7-5-4-6-8-13/h4-8,11H,9-10,12H2,1-3H3. The number of rotatable bonds is 7. The van der Waals surface area contributed by atoms with Gasteiger partial charge in [0.15, 0.2) is 0 Å². The van der Waals surface area contributed by atoms with Crippen LogP contribution in [0, 0.1) is 0 Å². The average Bonchev–Trinajstić information content (AvgIpc) is 2.84. The van der Waals surface area contributed by atoms with E-state index < -0.39 is 8.07 Å². The highest BCUT2D eigenvalue weighted by Gasteiger charge is 2.17. The number of ether oxygens (including phenoxy) is 1. The smallest absolute Gasteiger partial charge is 0.211 e. The largest absolute Gasteiger partial charge is 0.360 e. The van der Waals surface area contributed by atoms with Crippen LogP contribution in [0.25, 0.3) is 0 Å². The van der Waals surface area contributed by atoms with Gasteiger partial charge in [0.1, 0.15) is 17.0 Å². The summed E-state index contributed by atoms with van der Waals surface area (Å²) in [5, 5.41) is 4.29. The van der Waals surface area contributed by atoms with E-state index in [1.54, 1.807) is 22.9 Å². The van der Waals surface area contributed by atoms with Gasteiger partial charge in [-0.2, -0.15) is 5.10 Å². The Kier molecular flexibility index (Phi) is 5.72. The van der Waals surface area contributed by atoms with Crippen LogP contribution in [0.4, 0.5) is 0 Å². The van der Waals surface area contributed by atoms with Crippen molar-refractivity contribution < 1.29 is 9.53 Å². The van der Waals surface area contributed by atoms with Crippen LogP contribution in [0.2, 0.25) is 25.7 Å². The molecule has 0 amide bonds. The fraction of sp³-hybridized carbons (Fsp3) is 0.375. The fourth-order valence-corrected chi connectivity index (χ4v) is 3.10. The molecule has 6 heteroatoms. The lowest BCUT2D eigenvalue weighted by atomic mass is 10.1. The molecule has 0 atom stereocenters. The van der Waals surface area contributed by atoms with Crippen molar-refractivity contribution in [1.82, 2.24) is 9.78 Å². The Morgan fingerprint density at radius 3 is 2.59 bits per heavy atom. The zero-order chi connectivity index (χ0) is 16.2. The van der Waals surface area contributed by atoms with E-state index in [0.29, 0.717) is 29.2 Å². The lowest BCUT2D eigenvalue weighted by Gasteiger charge is -2.15. The van der Waals surface area contributed by atoms with E-state index in [0.717, 1.165) is 6.04 Å². The van der Waals surface area contributed by atoms with E-state index in [1.165, 1.54) is 0 Å². The Morgan fingerprint density at radius 1 is 1.27 bits per heavy atom. The summed E-state index contributed by atoms with van der Waals surface area (Å²) in [5.74, 6) is -0.0485. The summed E-state index contributed by atoms with van der Waals surface area (Å²) < 4.78 is 7.95. The highest BCUT2D eigenvalue weighted by molar-refractivity contribution is 9.10. The van der Waals surface area contributed by atoms with Crippen LogP contribution in [0.5, 0.6) is 0 Å². The topological polar surface area (TPSA) is 44.1 Å². The summed E-state index contributed by atoms with van der Waals surface area (Å²) in [6.45, 7) is 7.93. The first-order valence-corrected chi connectivity index (χ1v) is 11.8. The summed E-state index contributed by atoms with van der Waals surface area (Å²) in [7, 11) is -1.11. The molecule has 0 fully saturated rings. The highest BCUT2D eigenvalue weighted by Crippen LogP contribution is 2.16. The lowest BCUT2D eigenvalue weighted by molar-refractivity contribution is 0.0738. The third-order valence-corrected chi connectivity index (χ3v) is 5.32. The minimum Gasteiger partial charge on any atom is -0.360 e. The maximum absolute atomic E-state index is 12.5. The van der Waals surface area contributed by atoms with E-state index in [-0.39, 0.29) is 5.78 Å². The zero-order valence-corrected chi connectivity index (χ0v) is 15.8. The number of benzene rings is 1. The Bertz CT molecular complexity index is 635. The van der Waals surface area contributed by atoms with E-state index >= 15 is 0 Å². The van der Waals surface area contributed by atoms with Crippen molar-refractivity contribution in [2.75, 3.05) is 6.61 Å². The third-order valence-electron chi connectivity index (χ3n) is 3.23. The quantitative estimate of drug-likeness (QED) is 0.410. The minimum atomic E-state index is -1.11. The van der Waals surface area contributed by atoms with E-state index in [9.17, 15) is 4.79 Å². The number of carbonyl (C=O) groups is 1. The van der Waals surface area contributed by atoms with Gasteiger partial charge < -0.3 is 4.74 Å². The molecule has 0 saturated heterocycles. The van der Waals surface area contributed by atoms with Gasteiger partial charge in [-0.15, -0.1) is 0 Å². The number of halogens is 1. The molecule has 1 aromatic heterocycles. The normalized spacial score (nSPS) is 11.6. The minimum absolute atomic E-state index is 0.0485. The summed E-state index contributed by atoms with van der Waals surface area (Å²) in [5.41, 5.74) is 1.18. The van der Waals surface area contributed by atoms with Crippen molar-refractivity contribution in [2.24, 2.45) is 0 Å². The van der Waals surface area contributed by atoms with Crippen molar-refractivity contribution in [3.8, 4) is 0 Å². The van der Waals surface area contributed by atoms with Crippen LogP contribution in [0.1, 0.15) is 16.1 Å². The van der Waals surface area contributed by atoms with Gasteiger partial charge in [0, 0.05) is 26.3 Å². The van der Waals surface area contributed by atoms with Crippen molar-refractivity contribution in [2.45, 2.75) is 32.4 Å². The first-order valence-electron chi connectivity index (χ1n) is 7.28. The summed E-state index contributed by atoms with van der Waals surface area (Å²) >= 11 is 3.33. The molecule has 0 spiro atoms. The van der Waals surface area contributed by atoms with Crippen LogP contribution >= 0.6 is 15.9 Å². The molecule has 1 heterocycles. The molecule has 0 aliphatic carbocycles. The van der Waals surface area contributed by atoms with Crippen LogP contribution in [0.3, 0.4) is 0 Å². The molecular formula is C16H21BrN2O2Si. The van der Waals surface area contributed by atoms with Gasteiger partial charge >= 0.3 is 0 Å². The molecule has 2 rings (SSSR count). The van der Waals surface area contributed by atoms with Crippen molar-refractivity contribution in [3.63, 3.8) is 0 Å². The Balaban J connectivity index is 2.05. The van der Waals surface area contributed by atoms with Gasteiger partial charge in [-0.1, -0.05) is 50.0 Å². The molecule has 1 aromatic carbocycles. The van der Waals surface area contributed by atoms with Crippen LogP contribution in [-0.2, 0) is 11.5 Å². The molecule has 118 valence electrons. The highest BCUT2D eigenvalue weighted by atomic mass is 79.9. The molecule has 0 aliphatic heterocycles. The average molecular weight is 381 g/mol. The molecule has 2 aromatic rings. The molecular weight excluding hydrogens is 360 g/mol. The number of nitrogens with zero attached hydrogens (tertiary/aromatic N) is 2. The molecule has 0 N–H and O–H groups in total. The molecule has 0 bridgehead atoms. The fourth-order valence-electron chi connectivity index (χ4n) is 1.93. The van der Waals surface area contributed by atoms with Crippen molar-refractivity contribution >= 4 is 29.8 Å². The number of hydrogen-bond acceptors (Lipinski definition) is 3. The van der Waals surface area contributed by atoms with Gasteiger partial charge in [0.25, 0.3) is 0 Å². The second-order valence-electron chi connectivity index (χ2n) is 6.39. The first kappa shape index (κ1) is 17.1. The summed E-state index contributed by atoms with van der Waals surface area (Å²) in [6.07, 6.45) is 0. The predicted molar refractivity (Wildman–Crippen MR) is 93.9 cm³/mol. The van der Waals surface area contributed by atoms with Crippen molar-refractivity contribution in [3.05, 3.63) is 52.3 Å². The molecule has 0 radical (unpaired) electrons. The SMILES string of the molecule is C[Si](C)(C)CCOCn1nc(Br)cc1C(=O)c1ccccc1. The molecule has 4 nitrogen and oxygen atoms in total. The molecule has 0 aliphatic rings. The Morgan fingerprint density at radius 2 is 1.95 bits per heavy atom. The van der Waals surface area contributed by atoms with E-state index in [2.05, 4.69) is 40.7 Å². The van der Waals surface area contributed by atoms with Crippen LogP contribution < -0.4 is 0 Å². The maximum atomic E-state index is 12.5. The van der Waals surface area contributed by atoms with Gasteiger partial charge in [0.05, 0.1) is 0 Å². The first-order chi connectivity index (χ1) is 10.4. The van der Waals surface area contributed by atoms with Crippen LogP contribution in [-0.4, -0.2) is 30.2 Å². The maximum Gasteiger partial charge on any atom is 0.211 e. The van der Waals surface area contributed by atoms with Gasteiger partial charge in [0.2, 0.25) is 5.78 Å². The van der Waals surface area contributed by atoms with Crippen LogP contribution in [0.15, 0.2) is 41.0 Å². The monoisotopic (exact) mass is 380 g/mol. The Hall–Kier alpha value is -1.24. The number of carbonyl (C=O) groups excluding carboxylic acids is 1. The zero-order valence-electron chi connectivity index (χ0n) is 13.2. The van der Waals surface area contributed by atoms with Crippen molar-refractivity contribution in [1.29, 1.82) is 0 Å². The number of ketones is 1.